The van der Waals surface area contributed by atoms with E-state index in [1.165, 1.54) is 0 Å². The maximum Gasteiger partial charge on any atom is 0.242 e. The molecule has 0 heterocycles. The van der Waals surface area contributed by atoms with E-state index in [0.717, 1.165) is 5.69 Å². The molecule has 0 atom stereocenters. The van der Waals surface area contributed by atoms with Gasteiger partial charge in [0, 0.05) is 18.3 Å². The minimum absolute atomic E-state index is 0.0868. The summed E-state index contributed by atoms with van der Waals surface area (Å²) in [5.74, 6) is 0.0868. The summed E-state index contributed by atoms with van der Waals surface area (Å²) in [4.78, 5) is 13.8. The Hall–Kier alpha value is -1.77. The summed E-state index contributed by atoms with van der Waals surface area (Å²) >= 11 is 0. The molecule has 1 amide bonds. The first-order valence-electron chi connectivity index (χ1n) is 5.84. The second kappa shape index (κ2) is 6.74. The lowest BCUT2D eigenvalue weighted by molar-refractivity contribution is -0.130. The van der Waals surface area contributed by atoms with Crippen LogP contribution in [-0.2, 0) is 4.79 Å². The third-order valence-corrected chi connectivity index (χ3v) is 2.49. The zero-order chi connectivity index (χ0) is 12.7. The van der Waals surface area contributed by atoms with Crippen LogP contribution < -0.4 is 5.32 Å². The van der Waals surface area contributed by atoms with Gasteiger partial charge in [-0.2, -0.15) is 0 Å². The van der Waals surface area contributed by atoms with Gasteiger partial charge in [-0.3, -0.25) is 4.79 Å². The van der Waals surface area contributed by atoms with Crippen LogP contribution in [0.4, 0.5) is 5.69 Å². The molecule has 0 unspecified atom stereocenters. The first-order chi connectivity index (χ1) is 8.15. The van der Waals surface area contributed by atoms with Crippen molar-refractivity contribution in [2.75, 3.05) is 18.4 Å². The summed E-state index contributed by atoms with van der Waals surface area (Å²) in [6.07, 6.45) is 1.75. The van der Waals surface area contributed by atoms with E-state index >= 15 is 0 Å². The van der Waals surface area contributed by atoms with E-state index in [1.54, 1.807) is 11.0 Å². The van der Waals surface area contributed by atoms with Crippen molar-refractivity contribution in [3.05, 3.63) is 43.0 Å². The van der Waals surface area contributed by atoms with Crippen LogP contribution in [0.15, 0.2) is 43.0 Å². The van der Waals surface area contributed by atoms with E-state index in [4.69, 9.17) is 0 Å². The fourth-order valence-corrected chi connectivity index (χ4v) is 1.57. The van der Waals surface area contributed by atoms with Crippen LogP contribution >= 0.6 is 0 Å². The van der Waals surface area contributed by atoms with Gasteiger partial charge in [-0.05, 0) is 26.0 Å². The lowest BCUT2D eigenvalue weighted by atomic mass is 10.3. The molecule has 1 rings (SSSR count). The highest BCUT2D eigenvalue weighted by atomic mass is 16.2. The fraction of sp³-hybridized carbons (Fsp3) is 0.357. The van der Waals surface area contributed by atoms with Crippen LogP contribution in [0.5, 0.6) is 0 Å². The van der Waals surface area contributed by atoms with Crippen LogP contribution in [0.2, 0.25) is 0 Å². The van der Waals surface area contributed by atoms with Crippen LogP contribution in [0, 0.1) is 0 Å². The molecule has 0 saturated heterocycles. The Labute approximate surface area is 103 Å². The number of benzene rings is 1. The van der Waals surface area contributed by atoms with Gasteiger partial charge in [0.2, 0.25) is 5.91 Å². The normalized spacial score (nSPS) is 10.1. The van der Waals surface area contributed by atoms with Crippen molar-refractivity contribution in [1.29, 1.82) is 0 Å². The number of carbonyl (C=O) groups excluding carboxylic acids is 1. The number of rotatable bonds is 6. The molecule has 0 aliphatic heterocycles. The monoisotopic (exact) mass is 232 g/mol. The molecule has 0 aliphatic rings. The number of nitrogens with one attached hydrogen (secondary N) is 1. The topological polar surface area (TPSA) is 32.3 Å². The summed E-state index contributed by atoms with van der Waals surface area (Å²) in [5, 5.41) is 3.11. The third kappa shape index (κ3) is 4.31. The SMILES string of the molecule is C=CCN(C(=O)CNc1ccccc1)C(C)C. The van der Waals surface area contributed by atoms with E-state index in [-0.39, 0.29) is 11.9 Å². The Kier molecular flexibility index (Phi) is 5.27. The molecule has 1 aromatic rings. The van der Waals surface area contributed by atoms with E-state index in [1.807, 2.05) is 44.2 Å². The summed E-state index contributed by atoms with van der Waals surface area (Å²) in [5.41, 5.74) is 0.961. The standard InChI is InChI=1S/C14H20N2O/c1-4-10-16(12(2)3)14(17)11-15-13-8-6-5-7-9-13/h4-9,12,15H,1,10-11H2,2-3H3. The van der Waals surface area contributed by atoms with Gasteiger partial charge in [0.25, 0.3) is 0 Å². The molecule has 92 valence electrons. The highest BCUT2D eigenvalue weighted by Crippen LogP contribution is 2.05. The molecule has 17 heavy (non-hydrogen) atoms. The number of para-hydroxylation sites is 1. The van der Waals surface area contributed by atoms with E-state index in [0.29, 0.717) is 13.1 Å². The molecule has 0 bridgehead atoms. The van der Waals surface area contributed by atoms with E-state index in [2.05, 4.69) is 11.9 Å². The van der Waals surface area contributed by atoms with Gasteiger partial charge < -0.3 is 10.2 Å². The Bertz CT molecular complexity index is 360. The predicted octanol–water partition coefficient (Wildman–Crippen LogP) is 2.52. The van der Waals surface area contributed by atoms with Crippen LogP contribution in [0.1, 0.15) is 13.8 Å². The van der Waals surface area contributed by atoms with Crippen molar-refractivity contribution in [1.82, 2.24) is 4.90 Å². The first-order valence-corrected chi connectivity index (χ1v) is 5.84. The minimum Gasteiger partial charge on any atom is -0.376 e. The Morgan fingerprint density at radius 2 is 2.06 bits per heavy atom. The summed E-state index contributed by atoms with van der Waals surface area (Å²) < 4.78 is 0. The van der Waals surface area contributed by atoms with Gasteiger partial charge in [0.1, 0.15) is 0 Å². The van der Waals surface area contributed by atoms with Crippen molar-refractivity contribution in [3.63, 3.8) is 0 Å². The smallest absolute Gasteiger partial charge is 0.242 e. The van der Waals surface area contributed by atoms with Gasteiger partial charge in [0.15, 0.2) is 0 Å². The quantitative estimate of drug-likeness (QED) is 0.764. The second-order valence-electron chi connectivity index (χ2n) is 4.15. The Morgan fingerprint density at radius 3 is 2.59 bits per heavy atom. The number of amides is 1. The molecular formula is C14H20N2O. The molecule has 0 saturated carbocycles. The van der Waals surface area contributed by atoms with Gasteiger partial charge in [-0.25, -0.2) is 0 Å². The largest absolute Gasteiger partial charge is 0.376 e. The number of anilines is 1. The highest BCUT2D eigenvalue weighted by molar-refractivity contribution is 5.81. The molecule has 0 aromatic heterocycles. The Balaban J connectivity index is 2.50. The van der Waals surface area contributed by atoms with Crippen molar-refractivity contribution >= 4 is 11.6 Å². The van der Waals surface area contributed by atoms with Crippen molar-refractivity contribution in [2.45, 2.75) is 19.9 Å². The van der Waals surface area contributed by atoms with Crippen LogP contribution in [-0.4, -0.2) is 29.9 Å². The molecular weight excluding hydrogens is 212 g/mol. The third-order valence-electron chi connectivity index (χ3n) is 2.49. The van der Waals surface area contributed by atoms with Crippen molar-refractivity contribution < 1.29 is 4.79 Å². The molecule has 0 fully saturated rings. The molecule has 3 nitrogen and oxygen atoms in total. The predicted molar refractivity (Wildman–Crippen MR) is 72.0 cm³/mol. The second-order valence-corrected chi connectivity index (χ2v) is 4.15. The van der Waals surface area contributed by atoms with E-state index in [9.17, 15) is 4.79 Å². The Morgan fingerprint density at radius 1 is 1.41 bits per heavy atom. The lowest BCUT2D eigenvalue weighted by Gasteiger charge is -2.25. The summed E-state index contributed by atoms with van der Waals surface area (Å²) in [6.45, 7) is 8.58. The maximum absolute atomic E-state index is 12.0. The summed E-state index contributed by atoms with van der Waals surface area (Å²) in [7, 11) is 0. The molecule has 0 radical (unpaired) electrons. The highest BCUT2D eigenvalue weighted by Gasteiger charge is 2.14. The summed E-state index contributed by atoms with van der Waals surface area (Å²) in [6, 6.07) is 9.91. The number of hydrogen-bond donors (Lipinski definition) is 1. The van der Waals surface area contributed by atoms with Crippen LogP contribution in [0.3, 0.4) is 0 Å². The van der Waals surface area contributed by atoms with Gasteiger partial charge in [0.05, 0.1) is 6.54 Å². The number of carbonyl (C=O) groups is 1. The van der Waals surface area contributed by atoms with Crippen LogP contribution in [0.25, 0.3) is 0 Å². The van der Waals surface area contributed by atoms with Crippen molar-refractivity contribution in [3.8, 4) is 0 Å². The number of hydrogen-bond acceptors (Lipinski definition) is 2. The average Bonchev–Trinajstić information content (AvgIpc) is 2.34. The van der Waals surface area contributed by atoms with Crippen molar-refractivity contribution in [2.24, 2.45) is 0 Å². The van der Waals surface area contributed by atoms with E-state index < -0.39 is 0 Å². The molecule has 0 spiro atoms. The zero-order valence-electron chi connectivity index (χ0n) is 10.5. The molecule has 1 N–H and O–H groups in total. The fourth-order valence-electron chi connectivity index (χ4n) is 1.57. The molecule has 0 aliphatic carbocycles. The van der Waals surface area contributed by atoms with Gasteiger partial charge in [-0.15, -0.1) is 6.58 Å². The van der Waals surface area contributed by atoms with Gasteiger partial charge in [-0.1, -0.05) is 24.3 Å². The molecule has 1 aromatic carbocycles. The average molecular weight is 232 g/mol. The number of nitrogens with zero attached hydrogens (tertiary/aromatic N) is 1. The zero-order valence-corrected chi connectivity index (χ0v) is 10.5. The lowest BCUT2D eigenvalue weighted by Crippen LogP contribution is -2.40. The minimum atomic E-state index is 0.0868. The van der Waals surface area contributed by atoms with Gasteiger partial charge >= 0.3 is 0 Å². The maximum atomic E-state index is 12.0. The first kappa shape index (κ1) is 13.3. The molecule has 3 heteroatoms.